The monoisotopic (exact) mass is 347 g/mol. The Morgan fingerprint density at radius 1 is 1.17 bits per heavy atom. The van der Waals surface area contributed by atoms with E-state index in [1.807, 2.05) is 24.3 Å². The second kappa shape index (κ2) is 8.83. The first-order chi connectivity index (χ1) is 11.6. The van der Waals surface area contributed by atoms with Gasteiger partial charge in [-0.1, -0.05) is 31.2 Å². The summed E-state index contributed by atoms with van der Waals surface area (Å²) < 4.78 is 18.4. The van der Waals surface area contributed by atoms with Gasteiger partial charge in [-0.25, -0.2) is 4.39 Å². The van der Waals surface area contributed by atoms with Crippen molar-refractivity contribution in [3.8, 4) is 5.75 Å². The van der Waals surface area contributed by atoms with Crippen molar-refractivity contribution in [3.63, 3.8) is 0 Å². The number of rotatable bonds is 5. The van der Waals surface area contributed by atoms with E-state index in [1.54, 1.807) is 12.1 Å². The molecule has 1 amide bonds. The van der Waals surface area contributed by atoms with Gasteiger partial charge in [0.2, 0.25) is 0 Å². The zero-order chi connectivity index (χ0) is 17.4. The van der Waals surface area contributed by atoms with E-state index in [4.69, 9.17) is 17.0 Å². The lowest BCUT2D eigenvalue weighted by molar-refractivity contribution is -0.123. The first kappa shape index (κ1) is 17.7. The summed E-state index contributed by atoms with van der Waals surface area (Å²) in [7, 11) is 0. The van der Waals surface area contributed by atoms with E-state index in [1.165, 1.54) is 17.7 Å². The van der Waals surface area contributed by atoms with Crippen molar-refractivity contribution >= 4 is 28.9 Å². The lowest BCUT2D eigenvalue weighted by Crippen LogP contribution is -2.45. The van der Waals surface area contributed by atoms with Gasteiger partial charge in [-0.3, -0.25) is 15.6 Å². The number of nitrogens with one attached hydrogen (secondary N) is 3. The minimum Gasteiger partial charge on any atom is -0.481 e. The minimum absolute atomic E-state index is 0.0183. The van der Waals surface area contributed by atoms with Gasteiger partial charge in [0.15, 0.2) is 23.3 Å². The zero-order valence-corrected chi connectivity index (χ0v) is 14.0. The number of hydrogen-bond donors (Lipinski definition) is 3. The number of carbonyl (C=O) groups excluding carboxylic acids is 1. The number of anilines is 1. The van der Waals surface area contributed by atoms with E-state index in [2.05, 4.69) is 23.1 Å². The average molecular weight is 347 g/mol. The molecule has 0 radical (unpaired) electrons. The Hall–Kier alpha value is -2.67. The molecule has 24 heavy (non-hydrogen) atoms. The molecule has 0 bridgehead atoms. The van der Waals surface area contributed by atoms with Crippen molar-refractivity contribution in [2.45, 2.75) is 13.3 Å². The van der Waals surface area contributed by atoms with Crippen LogP contribution in [0.1, 0.15) is 12.5 Å². The number of hydrazine groups is 1. The topological polar surface area (TPSA) is 62.4 Å². The van der Waals surface area contributed by atoms with E-state index in [0.717, 1.165) is 12.1 Å². The SMILES string of the molecule is CCc1cccc(NC(=S)NNC(=O)COc2ccccc2F)c1. The first-order valence-corrected chi connectivity index (χ1v) is 7.81. The third kappa shape index (κ3) is 5.51. The van der Waals surface area contributed by atoms with Gasteiger partial charge in [0.1, 0.15) is 0 Å². The van der Waals surface area contributed by atoms with Gasteiger partial charge in [-0.05, 0) is 48.5 Å². The highest BCUT2D eigenvalue weighted by atomic mass is 32.1. The highest BCUT2D eigenvalue weighted by molar-refractivity contribution is 7.80. The van der Waals surface area contributed by atoms with Gasteiger partial charge in [0.05, 0.1) is 0 Å². The van der Waals surface area contributed by atoms with E-state index < -0.39 is 11.7 Å². The smallest absolute Gasteiger partial charge is 0.276 e. The van der Waals surface area contributed by atoms with E-state index in [9.17, 15) is 9.18 Å². The molecule has 0 unspecified atom stereocenters. The van der Waals surface area contributed by atoms with Crippen LogP contribution in [0, 0.1) is 5.82 Å². The standard InChI is InChI=1S/C17H18FN3O2S/c1-2-12-6-5-7-13(10-12)19-17(24)21-20-16(22)11-23-15-9-4-3-8-14(15)18/h3-10H,2,11H2,1H3,(H,20,22)(H2,19,21,24). The second-order valence-electron chi connectivity index (χ2n) is 4.90. The molecule has 0 aliphatic carbocycles. The van der Waals surface area contributed by atoms with Gasteiger partial charge in [-0.15, -0.1) is 0 Å². The van der Waals surface area contributed by atoms with Crippen LogP contribution in [0.5, 0.6) is 5.75 Å². The van der Waals surface area contributed by atoms with Gasteiger partial charge in [0, 0.05) is 5.69 Å². The van der Waals surface area contributed by atoms with Crippen LogP contribution >= 0.6 is 12.2 Å². The maximum Gasteiger partial charge on any atom is 0.276 e. The molecule has 0 atom stereocenters. The summed E-state index contributed by atoms with van der Waals surface area (Å²) in [5.74, 6) is -0.985. The lowest BCUT2D eigenvalue weighted by atomic mass is 10.1. The fraction of sp³-hybridized carbons (Fsp3) is 0.176. The fourth-order valence-electron chi connectivity index (χ4n) is 1.90. The van der Waals surface area contributed by atoms with Crippen LogP contribution in [0.4, 0.5) is 10.1 Å². The summed E-state index contributed by atoms with van der Waals surface area (Å²) in [5.41, 5.74) is 6.94. The minimum atomic E-state index is -0.522. The molecular weight excluding hydrogens is 329 g/mol. The molecule has 0 aliphatic rings. The highest BCUT2D eigenvalue weighted by Crippen LogP contribution is 2.14. The van der Waals surface area contributed by atoms with Crippen molar-refractivity contribution in [1.82, 2.24) is 10.9 Å². The lowest BCUT2D eigenvalue weighted by Gasteiger charge is -2.12. The normalized spacial score (nSPS) is 9.92. The fourth-order valence-corrected chi connectivity index (χ4v) is 2.07. The van der Waals surface area contributed by atoms with Gasteiger partial charge in [0.25, 0.3) is 5.91 Å². The molecule has 0 saturated carbocycles. The molecule has 2 aromatic carbocycles. The Balaban J connectivity index is 1.75. The van der Waals surface area contributed by atoms with Crippen LogP contribution in [0.15, 0.2) is 48.5 Å². The number of halogens is 1. The van der Waals surface area contributed by atoms with E-state index in [-0.39, 0.29) is 17.5 Å². The summed E-state index contributed by atoms with van der Waals surface area (Å²) in [5, 5.41) is 3.20. The van der Waals surface area contributed by atoms with Crippen LogP contribution < -0.4 is 20.9 Å². The molecule has 7 heteroatoms. The number of benzene rings is 2. The average Bonchev–Trinajstić information content (AvgIpc) is 2.59. The molecular formula is C17H18FN3O2S. The van der Waals surface area contributed by atoms with Crippen LogP contribution in [0.25, 0.3) is 0 Å². The summed E-state index contributed by atoms with van der Waals surface area (Å²) in [6.07, 6.45) is 0.916. The summed E-state index contributed by atoms with van der Waals surface area (Å²) in [6, 6.07) is 13.7. The van der Waals surface area contributed by atoms with Gasteiger partial charge >= 0.3 is 0 Å². The summed E-state index contributed by atoms with van der Waals surface area (Å²) >= 11 is 5.09. The molecule has 3 N–H and O–H groups in total. The second-order valence-corrected chi connectivity index (χ2v) is 5.31. The predicted molar refractivity (Wildman–Crippen MR) is 95.2 cm³/mol. The largest absolute Gasteiger partial charge is 0.481 e. The number of ether oxygens (including phenoxy) is 1. The van der Waals surface area contributed by atoms with Gasteiger partial charge < -0.3 is 10.1 Å². The van der Waals surface area contributed by atoms with E-state index in [0.29, 0.717) is 0 Å². The molecule has 2 rings (SSSR count). The molecule has 0 heterocycles. The van der Waals surface area contributed by atoms with Crippen LogP contribution in [0.2, 0.25) is 0 Å². The molecule has 0 aromatic heterocycles. The van der Waals surface area contributed by atoms with E-state index >= 15 is 0 Å². The molecule has 5 nitrogen and oxygen atoms in total. The van der Waals surface area contributed by atoms with Crippen molar-refractivity contribution < 1.29 is 13.9 Å². The third-order valence-corrected chi connectivity index (χ3v) is 3.31. The Bertz CT molecular complexity index is 724. The van der Waals surface area contributed by atoms with Gasteiger partial charge in [-0.2, -0.15) is 0 Å². The van der Waals surface area contributed by atoms with Crippen LogP contribution in [0.3, 0.4) is 0 Å². The Morgan fingerprint density at radius 3 is 2.71 bits per heavy atom. The van der Waals surface area contributed by atoms with Crippen LogP contribution in [-0.4, -0.2) is 17.6 Å². The number of carbonyl (C=O) groups is 1. The Morgan fingerprint density at radius 2 is 1.96 bits per heavy atom. The molecule has 0 spiro atoms. The molecule has 0 aliphatic heterocycles. The number of amides is 1. The Labute approximate surface area is 145 Å². The number of para-hydroxylation sites is 1. The third-order valence-electron chi connectivity index (χ3n) is 3.10. The van der Waals surface area contributed by atoms with Crippen LogP contribution in [-0.2, 0) is 11.2 Å². The molecule has 0 saturated heterocycles. The molecule has 126 valence electrons. The predicted octanol–water partition coefficient (Wildman–Crippen LogP) is 2.78. The number of thiocarbonyl (C=S) groups is 1. The van der Waals surface area contributed by atoms with Crippen molar-refractivity contribution in [3.05, 3.63) is 59.9 Å². The van der Waals surface area contributed by atoms with Crippen molar-refractivity contribution in [2.75, 3.05) is 11.9 Å². The maximum absolute atomic E-state index is 13.4. The Kier molecular flexibility index (Phi) is 6.51. The number of hydrogen-bond acceptors (Lipinski definition) is 3. The van der Waals surface area contributed by atoms with Crippen molar-refractivity contribution in [1.29, 1.82) is 0 Å². The summed E-state index contributed by atoms with van der Waals surface area (Å²) in [6.45, 7) is 1.73. The maximum atomic E-state index is 13.4. The first-order valence-electron chi connectivity index (χ1n) is 7.40. The highest BCUT2D eigenvalue weighted by Gasteiger charge is 2.06. The summed E-state index contributed by atoms with van der Waals surface area (Å²) in [4.78, 5) is 11.7. The molecule has 2 aromatic rings. The quantitative estimate of drug-likeness (QED) is 0.573. The molecule has 0 fully saturated rings. The van der Waals surface area contributed by atoms with Crippen molar-refractivity contribution in [2.24, 2.45) is 0 Å². The number of aryl methyl sites for hydroxylation is 1. The zero-order valence-electron chi connectivity index (χ0n) is 13.1.